The van der Waals surface area contributed by atoms with Gasteiger partial charge in [-0.15, -0.1) is 0 Å². The number of likely N-dealkylation sites (N-methyl/N-ethyl adjacent to an activating group) is 1. The molecule has 0 spiro atoms. The summed E-state index contributed by atoms with van der Waals surface area (Å²) >= 11 is 0. The third-order valence-electron chi connectivity index (χ3n) is 3.20. The Kier molecular flexibility index (Phi) is 4.59. The maximum atomic E-state index is 11.9. The average molecular weight is 257 g/mol. The molecule has 0 aromatic carbocycles. The van der Waals surface area contributed by atoms with Crippen LogP contribution in [0.4, 0.5) is 4.79 Å². The number of aliphatic carboxylic acids is 1. The van der Waals surface area contributed by atoms with Crippen molar-refractivity contribution in [2.24, 2.45) is 5.92 Å². The van der Waals surface area contributed by atoms with Crippen molar-refractivity contribution in [1.82, 2.24) is 4.90 Å². The van der Waals surface area contributed by atoms with E-state index in [1.54, 1.807) is 20.8 Å². The summed E-state index contributed by atoms with van der Waals surface area (Å²) in [6.45, 7) is 5.30. The number of amides is 1. The zero-order valence-electron chi connectivity index (χ0n) is 11.6. The molecule has 1 N–H and O–H groups in total. The van der Waals surface area contributed by atoms with Crippen molar-refractivity contribution in [2.45, 2.75) is 58.1 Å². The molecule has 5 nitrogen and oxygen atoms in total. The lowest BCUT2D eigenvalue weighted by Gasteiger charge is -2.31. The van der Waals surface area contributed by atoms with Crippen LogP contribution in [0.25, 0.3) is 0 Å². The predicted octanol–water partition coefficient (Wildman–Crippen LogP) is 2.50. The zero-order chi connectivity index (χ0) is 13.9. The number of carboxylic acids is 1. The molecule has 18 heavy (non-hydrogen) atoms. The highest BCUT2D eigenvalue weighted by Gasteiger charge is 2.37. The van der Waals surface area contributed by atoms with Crippen molar-refractivity contribution in [3.63, 3.8) is 0 Å². The summed E-state index contributed by atoms with van der Waals surface area (Å²) in [6.07, 6.45) is 3.24. The predicted molar refractivity (Wildman–Crippen MR) is 67.4 cm³/mol. The molecule has 0 aliphatic heterocycles. The number of carbonyl (C=O) groups excluding carboxylic acids is 1. The Labute approximate surface area is 108 Å². The molecule has 1 rings (SSSR count). The third kappa shape index (κ3) is 3.89. The van der Waals surface area contributed by atoms with Gasteiger partial charge < -0.3 is 9.84 Å². The van der Waals surface area contributed by atoms with Gasteiger partial charge in [-0.2, -0.15) is 0 Å². The lowest BCUT2D eigenvalue weighted by molar-refractivity contribution is -0.144. The molecular formula is C13H23NO4. The SMILES string of the molecule is CN(C(=O)OC(C)(C)C)[C@H](C(=O)O)C1CCCC1. The van der Waals surface area contributed by atoms with Gasteiger partial charge >= 0.3 is 12.1 Å². The number of hydrogen-bond acceptors (Lipinski definition) is 3. The minimum absolute atomic E-state index is 0.0417. The molecule has 1 fully saturated rings. The van der Waals surface area contributed by atoms with Gasteiger partial charge in [0.1, 0.15) is 11.6 Å². The van der Waals surface area contributed by atoms with E-state index in [1.807, 2.05) is 0 Å². The molecular weight excluding hydrogens is 234 g/mol. The van der Waals surface area contributed by atoms with Crippen LogP contribution in [0.5, 0.6) is 0 Å². The highest BCUT2D eigenvalue weighted by atomic mass is 16.6. The lowest BCUT2D eigenvalue weighted by atomic mass is 9.97. The van der Waals surface area contributed by atoms with Gasteiger partial charge in [-0.1, -0.05) is 12.8 Å². The first kappa shape index (κ1) is 14.8. The number of rotatable bonds is 3. The normalized spacial score (nSPS) is 18.4. The molecule has 0 aromatic rings. The number of carbonyl (C=O) groups is 2. The maximum Gasteiger partial charge on any atom is 0.410 e. The van der Waals surface area contributed by atoms with Gasteiger partial charge in [0.05, 0.1) is 0 Å². The van der Waals surface area contributed by atoms with Gasteiger partial charge in [-0.05, 0) is 39.5 Å². The average Bonchev–Trinajstić information content (AvgIpc) is 2.67. The first-order valence-corrected chi connectivity index (χ1v) is 6.41. The Morgan fingerprint density at radius 1 is 1.28 bits per heavy atom. The fraction of sp³-hybridized carbons (Fsp3) is 0.846. The fourth-order valence-electron chi connectivity index (χ4n) is 2.40. The summed E-state index contributed by atoms with van der Waals surface area (Å²) in [4.78, 5) is 24.5. The van der Waals surface area contributed by atoms with Gasteiger partial charge in [0.25, 0.3) is 0 Å². The smallest absolute Gasteiger partial charge is 0.410 e. The number of nitrogens with zero attached hydrogens (tertiary/aromatic N) is 1. The summed E-state index contributed by atoms with van der Waals surface area (Å²) in [5, 5.41) is 9.30. The molecule has 0 aromatic heterocycles. The van der Waals surface area contributed by atoms with E-state index in [0.29, 0.717) is 0 Å². The minimum Gasteiger partial charge on any atom is -0.480 e. The lowest BCUT2D eigenvalue weighted by Crippen LogP contribution is -2.48. The third-order valence-corrected chi connectivity index (χ3v) is 3.20. The van der Waals surface area contributed by atoms with E-state index in [1.165, 1.54) is 11.9 Å². The molecule has 104 valence electrons. The summed E-state index contributed by atoms with van der Waals surface area (Å²) in [5.41, 5.74) is -0.607. The highest BCUT2D eigenvalue weighted by molar-refractivity contribution is 5.80. The van der Waals surface area contributed by atoms with Crippen LogP contribution in [-0.2, 0) is 9.53 Å². The zero-order valence-corrected chi connectivity index (χ0v) is 11.6. The minimum atomic E-state index is -0.949. The van der Waals surface area contributed by atoms with Crippen LogP contribution < -0.4 is 0 Å². The summed E-state index contributed by atoms with van der Waals surface area (Å²) in [6, 6.07) is -0.776. The molecule has 0 radical (unpaired) electrons. The molecule has 1 aliphatic carbocycles. The number of hydrogen-bond donors (Lipinski definition) is 1. The van der Waals surface area contributed by atoms with E-state index in [9.17, 15) is 14.7 Å². The second kappa shape index (κ2) is 5.59. The van der Waals surface area contributed by atoms with Crippen molar-refractivity contribution in [3.05, 3.63) is 0 Å². The van der Waals surface area contributed by atoms with Crippen LogP contribution in [0, 0.1) is 5.92 Å². The van der Waals surface area contributed by atoms with Crippen molar-refractivity contribution in [3.8, 4) is 0 Å². The Balaban J connectivity index is 2.73. The van der Waals surface area contributed by atoms with E-state index < -0.39 is 23.7 Å². The van der Waals surface area contributed by atoms with Gasteiger partial charge in [-0.3, -0.25) is 4.90 Å². The maximum absolute atomic E-state index is 11.9. The van der Waals surface area contributed by atoms with Crippen molar-refractivity contribution < 1.29 is 19.4 Å². The first-order chi connectivity index (χ1) is 8.22. The van der Waals surface area contributed by atoms with Gasteiger partial charge in [0.2, 0.25) is 0 Å². The molecule has 1 aliphatic rings. The molecule has 0 heterocycles. The Morgan fingerprint density at radius 3 is 2.17 bits per heavy atom. The quantitative estimate of drug-likeness (QED) is 0.843. The van der Waals surface area contributed by atoms with Crippen molar-refractivity contribution >= 4 is 12.1 Å². The standard InChI is InChI=1S/C13H23NO4/c1-13(2,3)18-12(17)14(4)10(11(15)16)9-7-5-6-8-9/h9-10H,5-8H2,1-4H3,(H,15,16)/t10-/m0/s1. The molecule has 5 heteroatoms. The second-order valence-corrected chi connectivity index (χ2v) is 5.92. The molecule has 1 saturated carbocycles. The highest BCUT2D eigenvalue weighted by Crippen LogP contribution is 2.30. The Hall–Kier alpha value is -1.26. The van der Waals surface area contributed by atoms with Crippen molar-refractivity contribution in [1.29, 1.82) is 0 Å². The van der Waals surface area contributed by atoms with Gasteiger partial charge in [0, 0.05) is 7.05 Å². The van der Waals surface area contributed by atoms with E-state index >= 15 is 0 Å². The summed E-state index contributed by atoms with van der Waals surface area (Å²) in [7, 11) is 1.51. The first-order valence-electron chi connectivity index (χ1n) is 6.41. The van der Waals surface area contributed by atoms with E-state index in [0.717, 1.165) is 25.7 Å². The van der Waals surface area contributed by atoms with Crippen LogP contribution in [0.3, 0.4) is 0 Å². The molecule has 1 atom stereocenters. The van der Waals surface area contributed by atoms with Crippen molar-refractivity contribution in [2.75, 3.05) is 7.05 Å². The van der Waals surface area contributed by atoms with E-state index in [-0.39, 0.29) is 5.92 Å². The van der Waals surface area contributed by atoms with Crippen LogP contribution in [0.15, 0.2) is 0 Å². The van der Waals surface area contributed by atoms with Gasteiger partial charge in [0.15, 0.2) is 0 Å². The van der Waals surface area contributed by atoms with Crippen LogP contribution in [0.1, 0.15) is 46.5 Å². The number of ether oxygens (including phenoxy) is 1. The van der Waals surface area contributed by atoms with E-state index in [2.05, 4.69) is 0 Å². The second-order valence-electron chi connectivity index (χ2n) is 5.92. The van der Waals surface area contributed by atoms with E-state index in [4.69, 9.17) is 4.74 Å². The molecule has 0 saturated heterocycles. The van der Waals surface area contributed by atoms with Crippen LogP contribution >= 0.6 is 0 Å². The number of carboxylic acid groups (broad SMARTS) is 1. The summed E-state index contributed by atoms with van der Waals surface area (Å²) < 4.78 is 5.21. The molecule has 0 unspecified atom stereocenters. The van der Waals surface area contributed by atoms with Crippen LogP contribution in [0.2, 0.25) is 0 Å². The molecule has 1 amide bonds. The van der Waals surface area contributed by atoms with Gasteiger partial charge in [-0.25, -0.2) is 9.59 Å². The Morgan fingerprint density at radius 2 is 1.78 bits per heavy atom. The monoisotopic (exact) mass is 257 g/mol. The topological polar surface area (TPSA) is 66.8 Å². The van der Waals surface area contributed by atoms with Crippen LogP contribution in [-0.4, -0.2) is 40.8 Å². The Bertz CT molecular complexity index is 315. The molecule has 0 bridgehead atoms. The largest absolute Gasteiger partial charge is 0.480 e. The summed E-state index contributed by atoms with van der Waals surface area (Å²) in [5.74, 6) is -0.907. The fourth-order valence-corrected chi connectivity index (χ4v) is 2.40.